The minimum Gasteiger partial charge on any atom is -0.399 e. The summed E-state index contributed by atoms with van der Waals surface area (Å²) in [6, 6.07) is 8.29. The fourth-order valence-electron chi connectivity index (χ4n) is 1.99. The standard InChI is InChI=1S/C11H15N/c1-7-8(2)11(7)9-3-5-10(12)6-4-9/h3-8,11H,12H2,1-2H3/t7-,8+,11?. The van der Waals surface area contributed by atoms with Gasteiger partial charge < -0.3 is 5.73 Å². The topological polar surface area (TPSA) is 26.0 Å². The summed E-state index contributed by atoms with van der Waals surface area (Å²) in [6.07, 6.45) is 0. The molecule has 12 heavy (non-hydrogen) atoms. The number of benzene rings is 1. The first-order valence-corrected chi connectivity index (χ1v) is 4.55. The van der Waals surface area contributed by atoms with E-state index in [2.05, 4.69) is 26.0 Å². The van der Waals surface area contributed by atoms with Crippen molar-refractivity contribution in [2.24, 2.45) is 11.8 Å². The number of rotatable bonds is 1. The van der Waals surface area contributed by atoms with Crippen LogP contribution in [0.3, 0.4) is 0 Å². The van der Waals surface area contributed by atoms with Gasteiger partial charge in [-0.15, -0.1) is 0 Å². The molecule has 64 valence electrons. The highest BCUT2D eigenvalue weighted by molar-refractivity contribution is 5.41. The molecule has 0 heterocycles. The summed E-state index contributed by atoms with van der Waals surface area (Å²) in [7, 11) is 0. The van der Waals surface area contributed by atoms with E-state index in [0.717, 1.165) is 23.4 Å². The molecule has 1 heteroatoms. The summed E-state index contributed by atoms with van der Waals surface area (Å²) < 4.78 is 0. The molecule has 1 saturated carbocycles. The zero-order valence-corrected chi connectivity index (χ0v) is 7.62. The highest BCUT2D eigenvalue weighted by atomic mass is 14.5. The van der Waals surface area contributed by atoms with Crippen LogP contribution in [-0.2, 0) is 0 Å². The van der Waals surface area contributed by atoms with Crippen molar-refractivity contribution in [3.63, 3.8) is 0 Å². The smallest absolute Gasteiger partial charge is 0.0314 e. The van der Waals surface area contributed by atoms with Crippen molar-refractivity contribution in [1.82, 2.24) is 0 Å². The molecule has 0 bridgehead atoms. The van der Waals surface area contributed by atoms with Gasteiger partial charge in [0.25, 0.3) is 0 Å². The molecule has 1 nitrogen and oxygen atoms in total. The third kappa shape index (κ3) is 1.09. The fourth-order valence-corrected chi connectivity index (χ4v) is 1.99. The Hall–Kier alpha value is -0.980. The average Bonchev–Trinajstić information content (AvgIpc) is 2.63. The van der Waals surface area contributed by atoms with E-state index >= 15 is 0 Å². The van der Waals surface area contributed by atoms with Crippen LogP contribution in [0.25, 0.3) is 0 Å². The maximum absolute atomic E-state index is 5.62. The monoisotopic (exact) mass is 161 g/mol. The zero-order chi connectivity index (χ0) is 8.72. The quantitative estimate of drug-likeness (QED) is 0.629. The number of hydrogen-bond acceptors (Lipinski definition) is 1. The lowest BCUT2D eigenvalue weighted by atomic mass is 10.1. The lowest BCUT2D eigenvalue weighted by molar-refractivity contribution is 0.834. The highest BCUT2D eigenvalue weighted by Gasteiger charge is 2.43. The summed E-state index contributed by atoms with van der Waals surface area (Å²) in [6.45, 7) is 4.62. The first kappa shape index (κ1) is 7.66. The van der Waals surface area contributed by atoms with Crippen LogP contribution in [0.1, 0.15) is 25.3 Å². The van der Waals surface area contributed by atoms with Crippen molar-refractivity contribution in [1.29, 1.82) is 0 Å². The average molecular weight is 161 g/mol. The van der Waals surface area contributed by atoms with Crippen molar-refractivity contribution in [2.45, 2.75) is 19.8 Å². The van der Waals surface area contributed by atoms with E-state index in [0.29, 0.717) is 0 Å². The molecule has 0 aliphatic heterocycles. The molecular weight excluding hydrogens is 146 g/mol. The Bertz CT molecular complexity index is 268. The largest absolute Gasteiger partial charge is 0.399 e. The minimum atomic E-state index is 0.783. The van der Waals surface area contributed by atoms with E-state index in [1.807, 2.05) is 12.1 Å². The molecule has 0 aromatic heterocycles. The van der Waals surface area contributed by atoms with Gasteiger partial charge in [0.2, 0.25) is 0 Å². The van der Waals surface area contributed by atoms with Crippen molar-refractivity contribution in [3.05, 3.63) is 29.8 Å². The normalized spacial score (nSPS) is 33.3. The molecule has 3 atom stereocenters. The Balaban J connectivity index is 2.20. The van der Waals surface area contributed by atoms with Gasteiger partial charge in [0, 0.05) is 5.69 Å². The second kappa shape index (κ2) is 2.51. The minimum absolute atomic E-state index is 0.783. The van der Waals surface area contributed by atoms with Gasteiger partial charge in [0.15, 0.2) is 0 Å². The van der Waals surface area contributed by atoms with Crippen molar-refractivity contribution in [3.8, 4) is 0 Å². The first-order chi connectivity index (χ1) is 5.70. The van der Waals surface area contributed by atoms with E-state index in [-0.39, 0.29) is 0 Å². The Labute approximate surface area is 73.6 Å². The molecule has 1 aromatic rings. The molecule has 0 radical (unpaired) electrons. The number of nitrogens with two attached hydrogens (primary N) is 1. The molecule has 0 saturated heterocycles. The van der Waals surface area contributed by atoms with Crippen LogP contribution < -0.4 is 5.73 Å². The molecule has 1 aliphatic carbocycles. The number of hydrogen-bond donors (Lipinski definition) is 1. The predicted octanol–water partition coefficient (Wildman–Crippen LogP) is 2.64. The van der Waals surface area contributed by atoms with Crippen LogP contribution in [0.2, 0.25) is 0 Å². The van der Waals surface area contributed by atoms with E-state index in [1.54, 1.807) is 0 Å². The van der Waals surface area contributed by atoms with E-state index in [9.17, 15) is 0 Å². The third-order valence-corrected chi connectivity index (χ3v) is 3.14. The van der Waals surface area contributed by atoms with Crippen LogP contribution in [-0.4, -0.2) is 0 Å². The van der Waals surface area contributed by atoms with Gasteiger partial charge in [0.05, 0.1) is 0 Å². The summed E-state index contributed by atoms with van der Waals surface area (Å²) >= 11 is 0. The van der Waals surface area contributed by atoms with Crippen LogP contribution in [0.5, 0.6) is 0 Å². The molecule has 0 spiro atoms. The summed E-state index contributed by atoms with van der Waals surface area (Å²) in [5.41, 5.74) is 7.93. The van der Waals surface area contributed by atoms with Crippen molar-refractivity contribution < 1.29 is 0 Å². The fraction of sp³-hybridized carbons (Fsp3) is 0.455. The number of nitrogen functional groups attached to an aromatic ring is 1. The van der Waals surface area contributed by atoms with Crippen molar-refractivity contribution >= 4 is 5.69 Å². The van der Waals surface area contributed by atoms with Crippen LogP contribution in [0.15, 0.2) is 24.3 Å². The summed E-state index contributed by atoms with van der Waals surface area (Å²) in [4.78, 5) is 0. The number of anilines is 1. The van der Waals surface area contributed by atoms with Gasteiger partial charge in [-0.1, -0.05) is 26.0 Å². The third-order valence-electron chi connectivity index (χ3n) is 3.14. The van der Waals surface area contributed by atoms with E-state index < -0.39 is 0 Å². The molecule has 1 fully saturated rings. The highest BCUT2D eigenvalue weighted by Crippen LogP contribution is 2.53. The molecule has 1 aromatic carbocycles. The van der Waals surface area contributed by atoms with Gasteiger partial charge >= 0.3 is 0 Å². The van der Waals surface area contributed by atoms with Gasteiger partial charge in [-0.05, 0) is 35.4 Å². The van der Waals surface area contributed by atoms with Crippen molar-refractivity contribution in [2.75, 3.05) is 5.73 Å². The second-order valence-electron chi connectivity index (χ2n) is 3.91. The summed E-state index contributed by atoms with van der Waals surface area (Å²) in [5.74, 6) is 2.49. The maximum Gasteiger partial charge on any atom is 0.0314 e. The maximum atomic E-state index is 5.62. The van der Waals surface area contributed by atoms with Crippen LogP contribution >= 0.6 is 0 Å². The molecule has 1 aliphatic rings. The predicted molar refractivity (Wildman–Crippen MR) is 51.9 cm³/mol. The Morgan fingerprint density at radius 2 is 1.50 bits per heavy atom. The molecule has 2 N–H and O–H groups in total. The Kier molecular flexibility index (Phi) is 1.60. The van der Waals surface area contributed by atoms with E-state index in [1.165, 1.54) is 5.56 Å². The summed E-state index contributed by atoms with van der Waals surface area (Å²) in [5, 5.41) is 0. The van der Waals surface area contributed by atoms with E-state index in [4.69, 9.17) is 5.73 Å². The molecule has 2 rings (SSSR count). The second-order valence-corrected chi connectivity index (χ2v) is 3.91. The molecule has 1 unspecified atom stereocenters. The molecular formula is C11H15N. The Morgan fingerprint density at radius 1 is 1.00 bits per heavy atom. The van der Waals surface area contributed by atoms with Gasteiger partial charge in [-0.3, -0.25) is 0 Å². The van der Waals surface area contributed by atoms with Gasteiger partial charge in [-0.25, -0.2) is 0 Å². The SMILES string of the molecule is C[C@@H]1C(c2ccc(N)cc2)[C@@H]1C. The lowest BCUT2D eigenvalue weighted by Crippen LogP contribution is -1.86. The molecule has 0 amide bonds. The Morgan fingerprint density at radius 3 is 1.92 bits per heavy atom. The van der Waals surface area contributed by atoms with Crippen LogP contribution in [0, 0.1) is 11.8 Å². The van der Waals surface area contributed by atoms with Crippen LogP contribution in [0.4, 0.5) is 5.69 Å². The zero-order valence-electron chi connectivity index (χ0n) is 7.62. The first-order valence-electron chi connectivity index (χ1n) is 4.55. The van der Waals surface area contributed by atoms with Gasteiger partial charge in [-0.2, -0.15) is 0 Å². The lowest BCUT2D eigenvalue weighted by Gasteiger charge is -1.98. The van der Waals surface area contributed by atoms with Gasteiger partial charge in [0.1, 0.15) is 0 Å².